The van der Waals surface area contributed by atoms with Crippen LogP contribution in [0, 0.1) is 6.92 Å². The third kappa shape index (κ3) is 1.90. The zero-order valence-corrected chi connectivity index (χ0v) is 12.2. The molecule has 0 amide bonds. The first-order chi connectivity index (χ1) is 10.7. The Balaban J connectivity index is 2.78. The number of carbonyl (C=O) groups excluding carboxylic acids is 1. The van der Waals surface area contributed by atoms with Crippen LogP contribution in [-0.2, 0) is 0 Å². The molecule has 0 bridgehead atoms. The number of aryl methyl sites for hydroxylation is 1. The smallest absolute Gasteiger partial charge is 0.344 e. The lowest BCUT2D eigenvalue weighted by Crippen LogP contribution is -2.04. The number of benzene rings is 2. The number of rotatable bonds is 1. The van der Waals surface area contributed by atoms with Crippen molar-refractivity contribution in [1.82, 2.24) is 0 Å². The van der Waals surface area contributed by atoms with Gasteiger partial charge in [-0.25, -0.2) is 4.79 Å². The van der Waals surface area contributed by atoms with E-state index in [1.165, 1.54) is 13.8 Å². The van der Waals surface area contributed by atoms with Crippen molar-refractivity contribution in [2.24, 2.45) is 0 Å². The standard InChI is InChI=1S/C16H12O7/c1-5-11-8(4-9(18)13(5)20)16(22)23-15-12(11)7(6(2)17)3-10(19)14(15)21/h3-4,18-21H,1-2H3. The van der Waals surface area contributed by atoms with E-state index in [0.717, 1.165) is 12.1 Å². The van der Waals surface area contributed by atoms with Gasteiger partial charge in [-0.1, -0.05) is 0 Å². The first-order valence-electron chi connectivity index (χ1n) is 6.62. The van der Waals surface area contributed by atoms with Crippen LogP contribution in [0.1, 0.15) is 22.8 Å². The van der Waals surface area contributed by atoms with E-state index in [1.807, 2.05) is 0 Å². The first kappa shape index (κ1) is 14.7. The summed E-state index contributed by atoms with van der Waals surface area (Å²) in [5.41, 5.74) is -1.09. The molecule has 0 fully saturated rings. The molecule has 0 saturated carbocycles. The van der Waals surface area contributed by atoms with Gasteiger partial charge in [-0.2, -0.15) is 0 Å². The van der Waals surface area contributed by atoms with Crippen molar-refractivity contribution < 1.29 is 29.6 Å². The van der Waals surface area contributed by atoms with Gasteiger partial charge in [0, 0.05) is 21.9 Å². The molecule has 7 nitrogen and oxygen atoms in total. The fraction of sp³-hybridized carbons (Fsp3) is 0.125. The third-order valence-electron chi connectivity index (χ3n) is 3.80. The first-order valence-corrected chi connectivity index (χ1v) is 6.62. The van der Waals surface area contributed by atoms with Crippen LogP contribution in [0.3, 0.4) is 0 Å². The van der Waals surface area contributed by atoms with Crippen LogP contribution in [0.4, 0.5) is 0 Å². The summed E-state index contributed by atoms with van der Waals surface area (Å²) in [6, 6.07) is 2.08. The van der Waals surface area contributed by atoms with Gasteiger partial charge in [-0.05, 0) is 26.0 Å². The number of phenols is 4. The molecular formula is C16H12O7. The number of phenolic OH excluding ortho intramolecular Hbond substituents is 4. The van der Waals surface area contributed by atoms with E-state index in [2.05, 4.69) is 0 Å². The lowest BCUT2D eigenvalue weighted by Gasteiger charge is -2.12. The number of aromatic hydroxyl groups is 4. The highest BCUT2D eigenvalue weighted by Crippen LogP contribution is 2.43. The summed E-state index contributed by atoms with van der Waals surface area (Å²) in [5, 5.41) is 39.5. The van der Waals surface area contributed by atoms with Gasteiger partial charge >= 0.3 is 5.63 Å². The minimum Gasteiger partial charge on any atom is -0.504 e. The topological polar surface area (TPSA) is 128 Å². The summed E-state index contributed by atoms with van der Waals surface area (Å²) < 4.78 is 5.02. The van der Waals surface area contributed by atoms with Crippen LogP contribution in [0.5, 0.6) is 23.0 Å². The molecule has 0 unspecified atom stereocenters. The molecule has 0 aliphatic carbocycles. The van der Waals surface area contributed by atoms with E-state index in [0.29, 0.717) is 0 Å². The average Bonchev–Trinajstić information content (AvgIpc) is 2.49. The zero-order chi connectivity index (χ0) is 17.0. The second-order valence-corrected chi connectivity index (χ2v) is 5.23. The molecule has 118 valence electrons. The van der Waals surface area contributed by atoms with Crippen molar-refractivity contribution in [2.75, 3.05) is 0 Å². The van der Waals surface area contributed by atoms with Gasteiger partial charge in [0.05, 0.1) is 5.39 Å². The van der Waals surface area contributed by atoms with Crippen molar-refractivity contribution in [1.29, 1.82) is 0 Å². The molecule has 4 N–H and O–H groups in total. The van der Waals surface area contributed by atoms with Crippen molar-refractivity contribution in [3.63, 3.8) is 0 Å². The maximum Gasteiger partial charge on any atom is 0.344 e. The second-order valence-electron chi connectivity index (χ2n) is 5.23. The molecular weight excluding hydrogens is 304 g/mol. The molecule has 23 heavy (non-hydrogen) atoms. The van der Waals surface area contributed by atoms with Crippen LogP contribution in [0.25, 0.3) is 21.7 Å². The molecule has 3 aromatic rings. The average molecular weight is 316 g/mol. The van der Waals surface area contributed by atoms with Gasteiger partial charge in [0.2, 0.25) is 5.75 Å². The minimum absolute atomic E-state index is 0.0113. The fourth-order valence-electron chi connectivity index (χ4n) is 2.68. The largest absolute Gasteiger partial charge is 0.504 e. The maximum absolute atomic E-state index is 12.1. The summed E-state index contributed by atoms with van der Waals surface area (Å²) in [4.78, 5) is 24.0. The maximum atomic E-state index is 12.1. The zero-order valence-electron chi connectivity index (χ0n) is 12.2. The van der Waals surface area contributed by atoms with Gasteiger partial charge in [-0.15, -0.1) is 0 Å². The summed E-state index contributed by atoms with van der Waals surface area (Å²) >= 11 is 0. The van der Waals surface area contributed by atoms with Gasteiger partial charge in [0.25, 0.3) is 0 Å². The number of ketones is 1. The van der Waals surface area contributed by atoms with Crippen molar-refractivity contribution in [3.05, 3.63) is 33.7 Å². The van der Waals surface area contributed by atoms with E-state index >= 15 is 0 Å². The predicted molar refractivity (Wildman–Crippen MR) is 81.4 cm³/mol. The third-order valence-corrected chi connectivity index (χ3v) is 3.80. The minimum atomic E-state index is -0.888. The molecule has 0 aliphatic rings. The van der Waals surface area contributed by atoms with Crippen LogP contribution >= 0.6 is 0 Å². The fourth-order valence-corrected chi connectivity index (χ4v) is 2.68. The molecule has 2 aromatic carbocycles. The Morgan fingerprint density at radius 2 is 1.61 bits per heavy atom. The lowest BCUT2D eigenvalue weighted by atomic mass is 9.96. The van der Waals surface area contributed by atoms with Crippen molar-refractivity contribution in [3.8, 4) is 23.0 Å². The molecule has 0 radical (unpaired) electrons. The summed E-state index contributed by atoms with van der Waals surface area (Å²) in [7, 11) is 0. The highest BCUT2D eigenvalue weighted by Gasteiger charge is 2.23. The summed E-state index contributed by atoms with van der Waals surface area (Å²) in [6.07, 6.45) is 0. The Hall–Kier alpha value is -3.22. The van der Waals surface area contributed by atoms with Crippen LogP contribution < -0.4 is 5.63 Å². The number of Topliss-reactive ketones (excluding diaryl/α,β-unsaturated/α-hetero) is 1. The van der Waals surface area contributed by atoms with Crippen LogP contribution in [0.15, 0.2) is 21.3 Å². The Bertz CT molecular complexity index is 1060. The van der Waals surface area contributed by atoms with Crippen molar-refractivity contribution in [2.45, 2.75) is 13.8 Å². The summed E-state index contributed by atoms with van der Waals surface area (Å²) in [6.45, 7) is 2.70. The molecule has 0 aliphatic heterocycles. The van der Waals surface area contributed by atoms with Gasteiger partial charge < -0.3 is 24.8 Å². The number of carbonyl (C=O) groups is 1. The number of fused-ring (bicyclic) bond motifs is 3. The molecule has 1 heterocycles. The number of hydrogen-bond donors (Lipinski definition) is 4. The quantitative estimate of drug-likeness (QED) is 0.234. The molecule has 7 heteroatoms. The molecule has 3 rings (SSSR count). The molecule has 1 aromatic heterocycles. The van der Waals surface area contributed by atoms with Crippen LogP contribution in [0.2, 0.25) is 0 Å². The van der Waals surface area contributed by atoms with E-state index in [-0.39, 0.29) is 32.9 Å². The van der Waals surface area contributed by atoms with E-state index < -0.39 is 34.4 Å². The highest BCUT2D eigenvalue weighted by molar-refractivity contribution is 6.19. The second kappa shape index (κ2) is 4.64. The monoisotopic (exact) mass is 316 g/mol. The SMILES string of the molecule is CC(=O)c1cc(O)c(O)c2oc(=O)c3cc(O)c(O)c(C)c3c12. The number of hydrogen-bond acceptors (Lipinski definition) is 7. The Morgan fingerprint density at radius 3 is 2.22 bits per heavy atom. The Morgan fingerprint density at radius 1 is 1.00 bits per heavy atom. The predicted octanol–water partition coefficient (Wildman–Crippen LogP) is 2.28. The lowest BCUT2D eigenvalue weighted by molar-refractivity contribution is 0.101. The normalized spacial score (nSPS) is 11.2. The Labute approximate surface area is 128 Å². The Kier molecular flexibility index (Phi) is 2.97. The molecule has 0 spiro atoms. The van der Waals surface area contributed by atoms with Gasteiger partial charge in [0.1, 0.15) is 0 Å². The van der Waals surface area contributed by atoms with E-state index in [1.54, 1.807) is 0 Å². The van der Waals surface area contributed by atoms with Gasteiger partial charge in [-0.3, -0.25) is 4.79 Å². The van der Waals surface area contributed by atoms with E-state index in [9.17, 15) is 30.0 Å². The van der Waals surface area contributed by atoms with Gasteiger partial charge in [0.15, 0.2) is 28.6 Å². The molecule has 0 saturated heterocycles. The summed E-state index contributed by atoms with van der Waals surface area (Å²) in [5.74, 6) is -2.69. The van der Waals surface area contributed by atoms with Crippen LogP contribution in [-0.4, -0.2) is 26.2 Å². The highest BCUT2D eigenvalue weighted by atomic mass is 16.4. The molecule has 0 atom stereocenters. The van der Waals surface area contributed by atoms with E-state index in [4.69, 9.17) is 4.42 Å². The van der Waals surface area contributed by atoms with Crippen molar-refractivity contribution >= 4 is 27.5 Å².